The van der Waals surface area contributed by atoms with Crippen molar-refractivity contribution in [1.82, 2.24) is 9.97 Å². The second-order valence-electron chi connectivity index (χ2n) is 4.35. The molecule has 1 aliphatic rings. The van der Waals surface area contributed by atoms with E-state index in [0.717, 1.165) is 25.2 Å². The van der Waals surface area contributed by atoms with Gasteiger partial charge >= 0.3 is 0 Å². The van der Waals surface area contributed by atoms with E-state index in [2.05, 4.69) is 15.3 Å². The molecule has 2 N–H and O–H groups in total. The van der Waals surface area contributed by atoms with Crippen LogP contribution in [0.4, 0.5) is 5.82 Å². The van der Waals surface area contributed by atoms with Crippen molar-refractivity contribution in [3.05, 3.63) is 11.9 Å². The third-order valence-electron chi connectivity index (χ3n) is 2.96. The van der Waals surface area contributed by atoms with Gasteiger partial charge in [0.2, 0.25) is 5.88 Å². The standard InChI is InChI=1S/C11H17N3O2/c1-8-13-9(5-10(14-8)16-2)12-6-11(7-15)3-4-11/h5,15H,3-4,6-7H2,1-2H3,(H,12,13,14). The Kier molecular flexibility index (Phi) is 2.96. The van der Waals surface area contributed by atoms with E-state index in [4.69, 9.17) is 4.74 Å². The number of hydrogen-bond acceptors (Lipinski definition) is 5. The highest BCUT2D eigenvalue weighted by atomic mass is 16.5. The summed E-state index contributed by atoms with van der Waals surface area (Å²) in [6.45, 7) is 2.82. The number of nitrogens with zero attached hydrogens (tertiary/aromatic N) is 2. The van der Waals surface area contributed by atoms with E-state index in [1.807, 2.05) is 6.92 Å². The Morgan fingerprint density at radius 1 is 1.50 bits per heavy atom. The van der Waals surface area contributed by atoms with Crippen LogP contribution in [0.15, 0.2) is 6.07 Å². The fourth-order valence-corrected chi connectivity index (χ4v) is 1.58. The summed E-state index contributed by atoms with van der Waals surface area (Å²) in [6.07, 6.45) is 2.16. The Morgan fingerprint density at radius 3 is 2.81 bits per heavy atom. The highest BCUT2D eigenvalue weighted by molar-refractivity contribution is 5.39. The van der Waals surface area contributed by atoms with Gasteiger partial charge in [-0.3, -0.25) is 0 Å². The molecule has 1 aromatic heterocycles. The third-order valence-corrected chi connectivity index (χ3v) is 2.96. The summed E-state index contributed by atoms with van der Waals surface area (Å²) in [5.74, 6) is 1.99. The highest BCUT2D eigenvalue weighted by Gasteiger charge is 2.41. The zero-order valence-electron chi connectivity index (χ0n) is 9.66. The fourth-order valence-electron chi connectivity index (χ4n) is 1.58. The molecule has 5 nitrogen and oxygen atoms in total. The molecule has 0 unspecified atom stereocenters. The molecular weight excluding hydrogens is 206 g/mol. The van der Waals surface area contributed by atoms with Crippen LogP contribution in [0, 0.1) is 12.3 Å². The minimum atomic E-state index is 0.0755. The first-order valence-electron chi connectivity index (χ1n) is 5.42. The van der Waals surface area contributed by atoms with Crippen molar-refractivity contribution in [1.29, 1.82) is 0 Å². The molecule has 0 aliphatic heterocycles. The van der Waals surface area contributed by atoms with Crippen LogP contribution in [-0.4, -0.2) is 35.3 Å². The first kappa shape index (κ1) is 11.1. The van der Waals surface area contributed by atoms with Crippen LogP contribution >= 0.6 is 0 Å². The molecule has 16 heavy (non-hydrogen) atoms. The van der Waals surface area contributed by atoms with Gasteiger partial charge in [0.25, 0.3) is 0 Å². The quantitative estimate of drug-likeness (QED) is 0.778. The molecule has 2 rings (SSSR count). The van der Waals surface area contributed by atoms with Gasteiger partial charge in [-0.25, -0.2) is 4.98 Å². The number of aromatic nitrogens is 2. The first-order chi connectivity index (χ1) is 7.67. The van der Waals surface area contributed by atoms with Crippen molar-refractivity contribution >= 4 is 5.82 Å². The molecule has 0 amide bonds. The lowest BCUT2D eigenvalue weighted by Crippen LogP contribution is -2.19. The van der Waals surface area contributed by atoms with Gasteiger partial charge in [-0.05, 0) is 19.8 Å². The number of nitrogens with one attached hydrogen (secondary N) is 1. The van der Waals surface area contributed by atoms with E-state index in [9.17, 15) is 5.11 Å². The molecule has 1 saturated carbocycles. The van der Waals surface area contributed by atoms with Crippen LogP contribution in [0.2, 0.25) is 0 Å². The molecule has 1 aliphatic carbocycles. The molecule has 0 radical (unpaired) electrons. The number of methoxy groups -OCH3 is 1. The summed E-state index contributed by atoms with van der Waals surface area (Å²) in [6, 6.07) is 1.76. The summed E-state index contributed by atoms with van der Waals surface area (Å²) in [5.41, 5.74) is 0.0755. The third kappa shape index (κ3) is 2.41. The molecule has 0 aromatic carbocycles. The number of anilines is 1. The minimum Gasteiger partial charge on any atom is -0.481 e. The van der Waals surface area contributed by atoms with Crippen LogP contribution < -0.4 is 10.1 Å². The van der Waals surface area contributed by atoms with Crippen molar-refractivity contribution < 1.29 is 9.84 Å². The summed E-state index contributed by atoms with van der Waals surface area (Å²) < 4.78 is 5.07. The van der Waals surface area contributed by atoms with Crippen LogP contribution in [0.5, 0.6) is 5.88 Å². The second kappa shape index (κ2) is 4.25. The molecule has 5 heteroatoms. The molecule has 1 heterocycles. The lowest BCUT2D eigenvalue weighted by Gasteiger charge is -2.13. The lowest BCUT2D eigenvalue weighted by atomic mass is 10.1. The summed E-state index contributed by atoms with van der Waals surface area (Å²) in [7, 11) is 1.58. The minimum absolute atomic E-state index is 0.0755. The Hall–Kier alpha value is -1.36. The van der Waals surface area contributed by atoms with E-state index in [1.165, 1.54) is 0 Å². The molecular formula is C11H17N3O2. The molecule has 1 aromatic rings. The van der Waals surface area contributed by atoms with Gasteiger partial charge in [-0.15, -0.1) is 0 Å². The van der Waals surface area contributed by atoms with Crippen LogP contribution in [-0.2, 0) is 0 Å². The van der Waals surface area contributed by atoms with Crippen molar-refractivity contribution in [2.24, 2.45) is 5.41 Å². The molecule has 0 atom stereocenters. The van der Waals surface area contributed by atoms with E-state index in [1.54, 1.807) is 13.2 Å². The second-order valence-corrected chi connectivity index (χ2v) is 4.35. The molecule has 0 spiro atoms. The van der Waals surface area contributed by atoms with Crippen molar-refractivity contribution in [2.75, 3.05) is 25.6 Å². The maximum Gasteiger partial charge on any atom is 0.218 e. The first-order valence-corrected chi connectivity index (χ1v) is 5.42. The Labute approximate surface area is 94.9 Å². The van der Waals surface area contributed by atoms with Gasteiger partial charge < -0.3 is 15.2 Å². The summed E-state index contributed by atoms with van der Waals surface area (Å²) in [4.78, 5) is 8.37. The Balaban J connectivity index is 2.01. The molecule has 1 fully saturated rings. The zero-order valence-corrected chi connectivity index (χ0v) is 9.66. The van der Waals surface area contributed by atoms with Gasteiger partial charge in [0.1, 0.15) is 11.6 Å². The van der Waals surface area contributed by atoms with Gasteiger partial charge in [0, 0.05) is 18.0 Å². The average Bonchev–Trinajstić information content (AvgIpc) is 3.06. The van der Waals surface area contributed by atoms with Crippen LogP contribution in [0.25, 0.3) is 0 Å². The Bertz CT molecular complexity index is 377. The van der Waals surface area contributed by atoms with E-state index in [-0.39, 0.29) is 12.0 Å². The summed E-state index contributed by atoms with van der Waals surface area (Å²) in [5, 5.41) is 12.4. The Morgan fingerprint density at radius 2 is 2.25 bits per heavy atom. The van der Waals surface area contributed by atoms with Crippen molar-refractivity contribution in [3.8, 4) is 5.88 Å². The number of aliphatic hydroxyl groups is 1. The van der Waals surface area contributed by atoms with E-state index < -0.39 is 0 Å². The molecule has 0 saturated heterocycles. The normalized spacial score (nSPS) is 16.9. The monoisotopic (exact) mass is 223 g/mol. The topological polar surface area (TPSA) is 67.3 Å². The smallest absolute Gasteiger partial charge is 0.218 e. The highest BCUT2D eigenvalue weighted by Crippen LogP contribution is 2.44. The van der Waals surface area contributed by atoms with Crippen LogP contribution in [0.1, 0.15) is 18.7 Å². The van der Waals surface area contributed by atoms with Crippen molar-refractivity contribution in [3.63, 3.8) is 0 Å². The SMILES string of the molecule is COc1cc(NCC2(CO)CC2)nc(C)n1. The maximum atomic E-state index is 9.19. The fraction of sp³-hybridized carbons (Fsp3) is 0.636. The average molecular weight is 223 g/mol. The van der Waals surface area contributed by atoms with Crippen molar-refractivity contribution in [2.45, 2.75) is 19.8 Å². The number of aliphatic hydroxyl groups excluding tert-OH is 1. The van der Waals surface area contributed by atoms with Gasteiger partial charge in [-0.2, -0.15) is 4.98 Å². The predicted octanol–water partition coefficient (Wildman–Crippen LogP) is 0.978. The maximum absolute atomic E-state index is 9.19. The number of ether oxygens (including phenoxy) is 1. The number of hydrogen-bond donors (Lipinski definition) is 2. The number of rotatable bonds is 5. The zero-order chi connectivity index (χ0) is 11.6. The van der Waals surface area contributed by atoms with Gasteiger partial charge in [0.05, 0.1) is 13.7 Å². The van der Waals surface area contributed by atoms with Crippen LogP contribution in [0.3, 0.4) is 0 Å². The van der Waals surface area contributed by atoms with E-state index in [0.29, 0.717) is 11.7 Å². The molecule has 0 bridgehead atoms. The summed E-state index contributed by atoms with van der Waals surface area (Å²) >= 11 is 0. The molecule has 88 valence electrons. The number of aryl methyl sites for hydroxylation is 1. The van der Waals surface area contributed by atoms with E-state index >= 15 is 0 Å². The lowest BCUT2D eigenvalue weighted by molar-refractivity contribution is 0.219. The van der Waals surface area contributed by atoms with Gasteiger partial charge in [0.15, 0.2) is 0 Å². The van der Waals surface area contributed by atoms with Gasteiger partial charge in [-0.1, -0.05) is 0 Å². The largest absolute Gasteiger partial charge is 0.481 e. The predicted molar refractivity (Wildman–Crippen MR) is 60.6 cm³/mol.